The highest BCUT2D eigenvalue weighted by molar-refractivity contribution is 9.10. The minimum absolute atomic E-state index is 0.00974. The second-order valence-corrected chi connectivity index (χ2v) is 4.87. The predicted octanol–water partition coefficient (Wildman–Crippen LogP) is 2.07. The van der Waals surface area contributed by atoms with Crippen LogP contribution in [0.25, 0.3) is 0 Å². The number of benzene rings is 1. The second kappa shape index (κ2) is 5.62. The van der Waals surface area contributed by atoms with E-state index in [0.29, 0.717) is 6.61 Å². The van der Waals surface area contributed by atoms with Gasteiger partial charge in [-0.15, -0.1) is 0 Å². The third kappa shape index (κ3) is 2.86. The number of hydrogen-bond acceptors (Lipinski definition) is 3. The van der Waals surface area contributed by atoms with E-state index in [-0.39, 0.29) is 11.9 Å². The highest BCUT2D eigenvalue weighted by atomic mass is 79.9. The van der Waals surface area contributed by atoms with Crippen LogP contribution in [0.1, 0.15) is 18.0 Å². The normalized spacial score (nSPS) is 18.0. The number of halogens is 1. The Labute approximate surface area is 109 Å². The van der Waals surface area contributed by atoms with Crippen LogP contribution < -0.4 is 10.6 Å². The first-order chi connectivity index (χ1) is 8.22. The number of amides is 1. The van der Waals surface area contributed by atoms with Gasteiger partial charge in [0.25, 0.3) is 0 Å². The number of nitrogens with one attached hydrogen (secondary N) is 2. The van der Waals surface area contributed by atoms with Gasteiger partial charge >= 0.3 is 0 Å². The number of methoxy groups -OCH3 is 1. The van der Waals surface area contributed by atoms with Crippen LogP contribution in [-0.4, -0.2) is 26.2 Å². The van der Waals surface area contributed by atoms with Crippen LogP contribution in [0.15, 0.2) is 22.7 Å². The Hall–Kier alpha value is -0.910. The predicted molar refractivity (Wildman–Crippen MR) is 70.0 cm³/mol. The zero-order valence-corrected chi connectivity index (χ0v) is 11.2. The molecule has 4 nitrogen and oxygen atoms in total. The van der Waals surface area contributed by atoms with Crippen LogP contribution in [0.5, 0.6) is 0 Å². The fraction of sp³-hybridized carbons (Fsp3) is 0.417. The summed E-state index contributed by atoms with van der Waals surface area (Å²) in [5.74, 6) is 0.00974. The van der Waals surface area contributed by atoms with Crippen LogP contribution in [-0.2, 0) is 9.53 Å². The number of hydrogen-bond donors (Lipinski definition) is 2. The average Bonchev–Trinajstić information content (AvgIpc) is 2.60. The van der Waals surface area contributed by atoms with Gasteiger partial charge in [0.1, 0.15) is 6.04 Å². The molecule has 17 heavy (non-hydrogen) atoms. The summed E-state index contributed by atoms with van der Waals surface area (Å²) in [4.78, 5) is 11.8. The van der Waals surface area contributed by atoms with Gasteiger partial charge in [-0.25, -0.2) is 0 Å². The monoisotopic (exact) mass is 298 g/mol. The first-order valence-corrected chi connectivity index (χ1v) is 6.34. The molecule has 5 heteroatoms. The number of ether oxygens (including phenoxy) is 1. The van der Waals surface area contributed by atoms with E-state index in [1.54, 1.807) is 7.11 Å². The van der Waals surface area contributed by atoms with Gasteiger partial charge in [-0.2, -0.15) is 0 Å². The summed E-state index contributed by atoms with van der Waals surface area (Å²) in [6.45, 7) is 1.47. The Bertz CT molecular complexity index is 423. The first-order valence-electron chi connectivity index (χ1n) is 5.55. The summed E-state index contributed by atoms with van der Waals surface area (Å²) in [6, 6.07) is 5.59. The zero-order chi connectivity index (χ0) is 12.3. The van der Waals surface area contributed by atoms with Crippen molar-refractivity contribution >= 4 is 27.5 Å². The second-order valence-electron chi connectivity index (χ2n) is 3.95. The summed E-state index contributed by atoms with van der Waals surface area (Å²) in [5, 5.41) is 6.10. The van der Waals surface area contributed by atoms with E-state index >= 15 is 0 Å². The van der Waals surface area contributed by atoms with Crippen LogP contribution in [0.3, 0.4) is 0 Å². The van der Waals surface area contributed by atoms with Gasteiger partial charge in [0, 0.05) is 29.4 Å². The summed E-state index contributed by atoms with van der Waals surface area (Å²) in [7, 11) is 1.68. The van der Waals surface area contributed by atoms with Crippen molar-refractivity contribution in [3.8, 4) is 0 Å². The Kier molecular flexibility index (Phi) is 4.15. The van der Waals surface area contributed by atoms with Crippen LogP contribution in [0.2, 0.25) is 0 Å². The van der Waals surface area contributed by atoms with E-state index in [2.05, 4.69) is 26.6 Å². The van der Waals surface area contributed by atoms with E-state index in [4.69, 9.17) is 4.74 Å². The molecule has 0 aliphatic carbocycles. The molecule has 2 rings (SSSR count). The molecule has 1 amide bonds. The molecule has 1 unspecified atom stereocenters. The van der Waals surface area contributed by atoms with Crippen molar-refractivity contribution in [1.29, 1.82) is 0 Å². The molecule has 0 aromatic heterocycles. The molecule has 1 aromatic rings. The van der Waals surface area contributed by atoms with Crippen molar-refractivity contribution < 1.29 is 9.53 Å². The molecule has 0 fully saturated rings. The lowest BCUT2D eigenvalue weighted by Gasteiger charge is -2.10. The maximum atomic E-state index is 11.8. The van der Waals surface area contributed by atoms with Gasteiger partial charge in [-0.3, -0.25) is 4.79 Å². The fourth-order valence-electron chi connectivity index (χ4n) is 1.90. The van der Waals surface area contributed by atoms with Crippen molar-refractivity contribution in [1.82, 2.24) is 5.32 Å². The number of anilines is 1. The van der Waals surface area contributed by atoms with Gasteiger partial charge in [0.05, 0.1) is 0 Å². The average molecular weight is 299 g/mol. The molecule has 0 bridgehead atoms. The van der Waals surface area contributed by atoms with Gasteiger partial charge in [0.15, 0.2) is 0 Å². The van der Waals surface area contributed by atoms with Crippen LogP contribution in [0.4, 0.5) is 5.69 Å². The molecule has 0 spiro atoms. The Morgan fingerprint density at radius 2 is 2.35 bits per heavy atom. The number of rotatable bonds is 5. The van der Waals surface area contributed by atoms with Crippen molar-refractivity contribution in [3.63, 3.8) is 0 Å². The van der Waals surface area contributed by atoms with Crippen molar-refractivity contribution in [2.24, 2.45) is 0 Å². The summed E-state index contributed by atoms with van der Waals surface area (Å²) < 4.78 is 5.94. The van der Waals surface area contributed by atoms with Gasteiger partial charge < -0.3 is 15.4 Å². The van der Waals surface area contributed by atoms with E-state index < -0.39 is 0 Å². The SMILES string of the molecule is COCCCNC1C(=O)Nc2cc(Br)ccc21. The smallest absolute Gasteiger partial charge is 0.246 e. The van der Waals surface area contributed by atoms with Crippen molar-refractivity contribution in [3.05, 3.63) is 28.2 Å². The van der Waals surface area contributed by atoms with E-state index in [0.717, 1.165) is 28.7 Å². The van der Waals surface area contributed by atoms with Crippen molar-refractivity contribution in [2.75, 3.05) is 25.6 Å². The lowest BCUT2D eigenvalue weighted by molar-refractivity contribution is -0.117. The number of carbonyl (C=O) groups is 1. The molecule has 1 atom stereocenters. The maximum absolute atomic E-state index is 11.8. The summed E-state index contributed by atoms with van der Waals surface area (Å²) in [6.07, 6.45) is 0.895. The van der Waals surface area contributed by atoms with E-state index in [1.165, 1.54) is 0 Å². The molecule has 1 aliphatic rings. The highest BCUT2D eigenvalue weighted by Crippen LogP contribution is 2.32. The molecule has 1 aliphatic heterocycles. The number of fused-ring (bicyclic) bond motifs is 1. The Balaban J connectivity index is 2.02. The third-order valence-corrected chi connectivity index (χ3v) is 3.21. The Morgan fingerprint density at radius 3 is 3.12 bits per heavy atom. The zero-order valence-electron chi connectivity index (χ0n) is 9.63. The van der Waals surface area contributed by atoms with E-state index in [1.807, 2.05) is 18.2 Å². The largest absolute Gasteiger partial charge is 0.385 e. The molecular formula is C12H15BrN2O2. The van der Waals surface area contributed by atoms with Gasteiger partial charge in [-0.05, 0) is 25.1 Å². The van der Waals surface area contributed by atoms with Crippen LogP contribution >= 0.6 is 15.9 Å². The van der Waals surface area contributed by atoms with Gasteiger partial charge in [-0.1, -0.05) is 22.0 Å². The lowest BCUT2D eigenvalue weighted by atomic mass is 10.1. The molecule has 0 saturated carbocycles. The number of carbonyl (C=O) groups excluding carboxylic acids is 1. The maximum Gasteiger partial charge on any atom is 0.246 e. The minimum Gasteiger partial charge on any atom is -0.385 e. The third-order valence-electron chi connectivity index (χ3n) is 2.72. The van der Waals surface area contributed by atoms with E-state index in [9.17, 15) is 4.79 Å². The molecule has 0 saturated heterocycles. The standard InChI is InChI=1S/C12H15BrN2O2/c1-17-6-2-5-14-11-9-4-3-8(13)7-10(9)15-12(11)16/h3-4,7,11,14H,2,5-6H2,1H3,(H,15,16). The van der Waals surface area contributed by atoms with Crippen LogP contribution in [0, 0.1) is 0 Å². The minimum atomic E-state index is -0.241. The fourth-order valence-corrected chi connectivity index (χ4v) is 2.26. The molecular weight excluding hydrogens is 284 g/mol. The van der Waals surface area contributed by atoms with Crippen molar-refractivity contribution in [2.45, 2.75) is 12.5 Å². The highest BCUT2D eigenvalue weighted by Gasteiger charge is 2.29. The van der Waals surface area contributed by atoms with Gasteiger partial charge in [0.2, 0.25) is 5.91 Å². The quantitative estimate of drug-likeness (QED) is 0.818. The summed E-state index contributed by atoms with van der Waals surface area (Å²) in [5.41, 5.74) is 1.89. The Morgan fingerprint density at radius 1 is 1.53 bits per heavy atom. The molecule has 1 aromatic carbocycles. The summed E-state index contributed by atoms with van der Waals surface area (Å²) >= 11 is 3.39. The first kappa shape index (κ1) is 12.5. The molecule has 2 N–H and O–H groups in total. The molecule has 0 radical (unpaired) electrons. The topological polar surface area (TPSA) is 50.4 Å². The molecule has 1 heterocycles. The lowest BCUT2D eigenvalue weighted by Crippen LogP contribution is -2.28. The molecule has 92 valence electrons.